The van der Waals surface area contributed by atoms with E-state index in [1.807, 2.05) is 24.3 Å². The molecule has 0 aliphatic heterocycles. The zero-order valence-corrected chi connectivity index (χ0v) is 13.8. The summed E-state index contributed by atoms with van der Waals surface area (Å²) in [6, 6.07) is 7.35. The smallest absolute Gasteiger partial charge is 0.319 e. The normalized spacial score (nSPS) is 34.2. The van der Waals surface area contributed by atoms with Gasteiger partial charge in [-0.2, -0.15) is 0 Å². The minimum absolute atomic E-state index is 0.0917. The van der Waals surface area contributed by atoms with Crippen molar-refractivity contribution in [1.29, 1.82) is 0 Å². The molecule has 5 rings (SSSR count). The van der Waals surface area contributed by atoms with Crippen molar-refractivity contribution in [3.05, 3.63) is 24.3 Å². The molecule has 0 atom stereocenters. The van der Waals surface area contributed by atoms with Crippen molar-refractivity contribution in [2.24, 2.45) is 23.2 Å². The van der Waals surface area contributed by atoms with Crippen LogP contribution in [-0.4, -0.2) is 19.7 Å². The number of anilines is 1. The first-order valence-electron chi connectivity index (χ1n) is 8.83. The lowest BCUT2D eigenvalue weighted by molar-refractivity contribution is -0.0496. The molecule has 4 bridgehead atoms. The Balaban J connectivity index is 1.32. The Bertz CT molecular complexity index is 546. The molecule has 0 spiro atoms. The molecule has 4 nitrogen and oxygen atoms in total. The summed E-state index contributed by atoms with van der Waals surface area (Å²) in [7, 11) is 1.64. The van der Waals surface area contributed by atoms with Crippen LogP contribution in [-0.2, 0) is 0 Å². The summed E-state index contributed by atoms with van der Waals surface area (Å²) in [6.45, 7) is 0.832. The Morgan fingerprint density at radius 1 is 1.09 bits per heavy atom. The van der Waals surface area contributed by atoms with E-state index in [1.165, 1.54) is 38.5 Å². The molecule has 4 heteroatoms. The summed E-state index contributed by atoms with van der Waals surface area (Å²) in [5, 5.41) is 6.06. The monoisotopic (exact) mass is 314 g/mol. The van der Waals surface area contributed by atoms with Gasteiger partial charge in [0.15, 0.2) is 0 Å². The summed E-state index contributed by atoms with van der Waals surface area (Å²) < 4.78 is 5.13. The van der Waals surface area contributed by atoms with Crippen molar-refractivity contribution in [2.75, 3.05) is 19.0 Å². The van der Waals surface area contributed by atoms with Gasteiger partial charge in [-0.15, -0.1) is 0 Å². The SMILES string of the molecule is COc1ccc(NC(=O)NCC23CC4CC(CC(C4)C2)C3)cc1. The maximum Gasteiger partial charge on any atom is 0.319 e. The highest BCUT2D eigenvalue weighted by atomic mass is 16.5. The molecule has 0 radical (unpaired) electrons. The summed E-state index contributed by atoms with van der Waals surface area (Å²) in [5.74, 6) is 3.57. The lowest BCUT2D eigenvalue weighted by Gasteiger charge is -2.56. The van der Waals surface area contributed by atoms with Gasteiger partial charge in [0.25, 0.3) is 0 Å². The van der Waals surface area contributed by atoms with E-state index in [0.717, 1.165) is 35.7 Å². The summed E-state index contributed by atoms with van der Waals surface area (Å²) in [6.07, 6.45) is 8.29. The third-order valence-electron chi connectivity index (χ3n) is 6.14. The second-order valence-corrected chi connectivity index (χ2v) is 7.95. The highest BCUT2D eigenvalue weighted by Gasteiger charge is 2.50. The molecule has 124 valence electrons. The number of hydrogen-bond donors (Lipinski definition) is 2. The average Bonchev–Trinajstić information content (AvgIpc) is 2.53. The lowest BCUT2D eigenvalue weighted by atomic mass is 9.49. The van der Waals surface area contributed by atoms with Crippen molar-refractivity contribution in [3.8, 4) is 5.75 Å². The van der Waals surface area contributed by atoms with Crippen LogP contribution in [0.5, 0.6) is 5.75 Å². The van der Waals surface area contributed by atoms with E-state index < -0.39 is 0 Å². The van der Waals surface area contributed by atoms with Crippen LogP contribution in [0.4, 0.5) is 10.5 Å². The number of amides is 2. The zero-order valence-electron chi connectivity index (χ0n) is 13.8. The van der Waals surface area contributed by atoms with Crippen LogP contribution in [0.3, 0.4) is 0 Å². The Morgan fingerprint density at radius 2 is 1.65 bits per heavy atom. The minimum atomic E-state index is -0.0917. The summed E-state index contributed by atoms with van der Waals surface area (Å²) >= 11 is 0. The quantitative estimate of drug-likeness (QED) is 0.881. The molecule has 0 unspecified atom stereocenters. The van der Waals surface area contributed by atoms with Gasteiger partial charge in [-0.1, -0.05) is 0 Å². The third-order valence-corrected chi connectivity index (χ3v) is 6.14. The molecule has 0 aromatic heterocycles. The fourth-order valence-electron chi connectivity index (χ4n) is 5.62. The highest BCUT2D eigenvalue weighted by molar-refractivity contribution is 5.89. The Kier molecular flexibility index (Phi) is 3.70. The molecule has 2 N–H and O–H groups in total. The van der Waals surface area contributed by atoms with Crippen LogP contribution in [0.2, 0.25) is 0 Å². The topological polar surface area (TPSA) is 50.4 Å². The van der Waals surface area contributed by atoms with E-state index in [1.54, 1.807) is 7.11 Å². The van der Waals surface area contributed by atoms with Gasteiger partial charge in [-0.05, 0) is 86.0 Å². The van der Waals surface area contributed by atoms with Gasteiger partial charge in [0.2, 0.25) is 0 Å². The van der Waals surface area contributed by atoms with Gasteiger partial charge in [-0.25, -0.2) is 4.79 Å². The van der Waals surface area contributed by atoms with E-state index in [4.69, 9.17) is 4.74 Å². The fraction of sp³-hybridized carbons (Fsp3) is 0.632. The van der Waals surface area contributed by atoms with Crippen LogP contribution in [0, 0.1) is 23.2 Å². The molecule has 0 heterocycles. The van der Waals surface area contributed by atoms with Crippen molar-refractivity contribution in [1.82, 2.24) is 5.32 Å². The Morgan fingerprint density at radius 3 is 2.17 bits per heavy atom. The summed E-state index contributed by atoms with van der Waals surface area (Å²) in [4.78, 5) is 12.2. The maximum absolute atomic E-state index is 12.2. The first kappa shape index (κ1) is 14.9. The van der Waals surface area contributed by atoms with Gasteiger partial charge in [0.05, 0.1) is 7.11 Å². The van der Waals surface area contributed by atoms with E-state index in [9.17, 15) is 4.79 Å². The van der Waals surface area contributed by atoms with Gasteiger partial charge in [0, 0.05) is 12.2 Å². The van der Waals surface area contributed by atoms with E-state index in [0.29, 0.717) is 5.41 Å². The molecule has 1 aromatic carbocycles. The number of carbonyl (C=O) groups excluding carboxylic acids is 1. The molecular weight excluding hydrogens is 288 g/mol. The first-order valence-corrected chi connectivity index (χ1v) is 8.83. The number of ether oxygens (including phenoxy) is 1. The highest BCUT2D eigenvalue weighted by Crippen LogP contribution is 2.59. The van der Waals surface area contributed by atoms with Gasteiger partial charge < -0.3 is 15.4 Å². The first-order chi connectivity index (χ1) is 11.1. The van der Waals surface area contributed by atoms with Gasteiger partial charge >= 0.3 is 6.03 Å². The van der Waals surface area contributed by atoms with E-state index in [-0.39, 0.29) is 6.03 Å². The van der Waals surface area contributed by atoms with Gasteiger partial charge in [-0.3, -0.25) is 0 Å². The number of methoxy groups -OCH3 is 1. The van der Waals surface area contributed by atoms with Crippen molar-refractivity contribution < 1.29 is 9.53 Å². The summed E-state index contributed by atoms with van der Waals surface area (Å²) in [5.41, 5.74) is 1.18. The maximum atomic E-state index is 12.2. The molecule has 4 saturated carbocycles. The molecule has 2 amide bonds. The third kappa shape index (κ3) is 3.04. The molecule has 1 aromatic rings. The molecule has 23 heavy (non-hydrogen) atoms. The molecular formula is C19H26N2O2. The minimum Gasteiger partial charge on any atom is -0.497 e. The van der Waals surface area contributed by atoms with Crippen LogP contribution < -0.4 is 15.4 Å². The molecule has 4 aliphatic rings. The van der Waals surface area contributed by atoms with Crippen LogP contribution in [0.25, 0.3) is 0 Å². The number of hydrogen-bond acceptors (Lipinski definition) is 2. The number of nitrogens with one attached hydrogen (secondary N) is 2. The van der Waals surface area contributed by atoms with Crippen LogP contribution >= 0.6 is 0 Å². The van der Waals surface area contributed by atoms with Crippen molar-refractivity contribution in [3.63, 3.8) is 0 Å². The number of rotatable bonds is 4. The Labute approximate surface area is 138 Å². The van der Waals surface area contributed by atoms with Crippen LogP contribution in [0.15, 0.2) is 24.3 Å². The molecule has 0 saturated heterocycles. The largest absolute Gasteiger partial charge is 0.497 e. The van der Waals surface area contributed by atoms with E-state index >= 15 is 0 Å². The van der Waals surface area contributed by atoms with Crippen molar-refractivity contribution >= 4 is 11.7 Å². The predicted octanol–water partition coefficient (Wildman–Crippen LogP) is 4.03. The number of carbonyl (C=O) groups is 1. The number of benzene rings is 1. The van der Waals surface area contributed by atoms with E-state index in [2.05, 4.69) is 10.6 Å². The van der Waals surface area contributed by atoms with Gasteiger partial charge in [0.1, 0.15) is 5.75 Å². The average molecular weight is 314 g/mol. The van der Waals surface area contributed by atoms with Crippen molar-refractivity contribution in [2.45, 2.75) is 38.5 Å². The predicted molar refractivity (Wildman–Crippen MR) is 90.6 cm³/mol. The molecule has 4 aliphatic carbocycles. The lowest BCUT2D eigenvalue weighted by Crippen LogP contribution is -2.51. The zero-order chi connectivity index (χ0) is 15.9. The fourth-order valence-corrected chi connectivity index (χ4v) is 5.62. The Hall–Kier alpha value is -1.71. The molecule has 4 fully saturated rings. The second kappa shape index (κ2) is 5.73. The number of urea groups is 1. The standard InChI is InChI=1S/C19H26N2O2/c1-23-17-4-2-16(3-5-17)21-18(22)20-12-19-9-13-6-14(10-19)8-15(7-13)11-19/h2-5,13-15H,6-12H2,1H3,(H2,20,21,22). The van der Waals surface area contributed by atoms with Crippen LogP contribution in [0.1, 0.15) is 38.5 Å². The second-order valence-electron chi connectivity index (χ2n) is 7.95.